The fourth-order valence-corrected chi connectivity index (χ4v) is 2.28. The van der Waals surface area contributed by atoms with Gasteiger partial charge in [0.1, 0.15) is 5.75 Å². The van der Waals surface area contributed by atoms with Gasteiger partial charge in [0, 0.05) is 16.7 Å². The highest BCUT2D eigenvalue weighted by Gasteiger charge is 2.00. The number of anilines is 1. The summed E-state index contributed by atoms with van der Waals surface area (Å²) < 4.78 is 6.56. The fourth-order valence-electron chi connectivity index (χ4n) is 1.85. The van der Waals surface area contributed by atoms with Crippen LogP contribution in [0.3, 0.4) is 0 Å². The van der Waals surface area contributed by atoms with E-state index in [1.807, 2.05) is 30.3 Å². The summed E-state index contributed by atoms with van der Waals surface area (Å²) >= 11 is 9.46. The molecule has 0 amide bonds. The van der Waals surface area contributed by atoms with Crippen molar-refractivity contribution in [3.8, 4) is 5.75 Å². The molecule has 4 heteroatoms. The lowest BCUT2D eigenvalue weighted by Crippen LogP contribution is -2.00. The van der Waals surface area contributed by atoms with Crippen LogP contribution < -0.4 is 10.1 Å². The zero-order valence-electron chi connectivity index (χ0n) is 12.0. The first-order chi connectivity index (χ1) is 10.2. The van der Waals surface area contributed by atoms with Gasteiger partial charge in [0.2, 0.25) is 0 Å². The van der Waals surface area contributed by atoms with Crippen molar-refractivity contribution in [2.45, 2.75) is 26.3 Å². The zero-order chi connectivity index (χ0) is 15.1. The molecule has 0 aromatic heterocycles. The van der Waals surface area contributed by atoms with Crippen molar-refractivity contribution in [1.82, 2.24) is 0 Å². The average Bonchev–Trinajstić information content (AvgIpc) is 2.50. The molecule has 0 aliphatic carbocycles. The number of ether oxygens (including phenoxy) is 1. The van der Waals surface area contributed by atoms with Gasteiger partial charge >= 0.3 is 0 Å². The van der Waals surface area contributed by atoms with Gasteiger partial charge in [-0.2, -0.15) is 0 Å². The number of rotatable bonds is 7. The monoisotopic (exact) mass is 367 g/mol. The predicted molar refractivity (Wildman–Crippen MR) is 93.3 cm³/mol. The van der Waals surface area contributed by atoms with Crippen molar-refractivity contribution in [1.29, 1.82) is 0 Å². The van der Waals surface area contributed by atoms with Crippen molar-refractivity contribution < 1.29 is 4.74 Å². The molecule has 0 bridgehead atoms. The Kier molecular flexibility index (Phi) is 6.40. The van der Waals surface area contributed by atoms with Crippen molar-refractivity contribution in [2.75, 3.05) is 11.9 Å². The second kappa shape index (κ2) is 8.30. The summed E-state index contributed by atoms with van der Waals surface area (Å²) in [7, 11) is 0. The lowest BCUT2D eigenvalue weighted by molar-refractivity contribution is 0.309. The first kappa shape index (κ1) is 16.2. The van der Waals surface area contributed by atoms with Crippen molar-refractivity contribution in [3.63, 3.8) is 0 Å². The smallest absolute Gasteiger partial charge is 0.119 e. The molecule has 0 atom stereocenters. The highest BCUT2D eigenvalue weighted by molar-refractivity contribution is 9.10. The fraction of sp³-hybridized carbons (Fsp3) is 0.294. The van der Waals surface area contributed by atoms with Gasteiger partial charge in [-0.1, -0.05) is 37.1 Å². The van der Waals surface area contributed by atoms with Crippen molar-refractivity contribution in [2.24, 2.45) is 0 Å². The molecular weight excluding hydrogens is 350 g/mol. The summed E-state index contributed by atoms with van der Waals surface area (Å²) in [5.74, 6) is 0.930. The summed E-state index contributed by atoms with van der Waals surface area (Å²) in [5, 5.41) is 4.06. The van der Waals surface area contributed by atoms with Crippen LogP contribution in [0.4, 0.5) is 5.69 Å². The Morgan fingerprint density at radius 1 is 1.14 bits per heavy atom. The molecule has 0 saturated heterocycles. The van der Waals surface area contributed by atoms with Crippen LogP contribution in [0, 0.1) is 0 Å². The first-order valence-corrected chi connectivity index (χ1v) is 8.27. The van der Waals surface area contributed by atoms with E-state index in [0.717, 1.165) is 41.9 Å². The second-order valence-electron chi connectivity index (χ2n) is 4.83. The summed E-state index contributed by atoms with van der Waals surface area (Å²) in [4.78, 5) is 0. The van der Waals surface area contributed by atoms with E-state index in [2.05, 4.69) is 40.3 Å². The first-order valence-electron chi connectivity index (χ1n) is 7.09. The normalized spacial score (nSPS) is 10.4. The Hall–Kier alpha value is -1.19. The molecule has 0 unspecified atom stereocenters. The van der Waals surface area contributed by atoms with Gasteiger partial charge in [-0.25, -0.2) is 0 Å². The number of nitrogens with one attached hydrogen (secondary N) is 1. The maximum Gasteiger partial charge on any atom is 0.119 e. The van der Waals surface area contributed by atoms with E-state index >= 15 is 0 Å². The Balaban J connectivity index is 1.86. The topological polar surface area (TPSA) is 21.3 Å². The third kappa shape index (κ3) is 5.25. The van der Waals surface area contributed by atoms with E-state index in [1.54, 1.807) is 0 Å². The zero-order valence-corrected chi connectivity index (χ0v) is 14.4. The number of halogens is 2. The molecule has 2 aromatic carbocycles. The highest BCUT2D eigenvalue weighted by Crippen LogP contribution is 2.25. The summed E-state index contributed by atoms with van der Waals surface area (Å²) in [6.45, 7) is 3.70. The van der Waals surface area contributed by atoms with E-state index in [-0.39, 0.29) is 0 Å². The molecule has 2 aromatic rings. The Labute approximate surface area is 139 Å². The van der Waals surface area contributed by atoms with Gasteiger partial charge in [-0.15, -0.1) is 0 Å². The quantitative estimate of drug-likeness (QED) is 0.615. The number of hydrogen-bond donors (Lipinski definition) is 1. The van der Waals surface area contributed by atoms with E-state index in [9.17, 15) is 0 Å². The Morgan fingerprint density at radius 3 is 2.57 bits per heavy atom. The van der Waals surface area contributed by atoms with Gasteiger partial charge < -0.3 is 10.1 Å². The number of hydrogen-bond acceptors (Lipinski definition) is 2. The molecule has 2 rings (SSSR count). The molecule has 0 saturated carbocycles. The van der Waals surface area contributed by atoms with E-state index in [0.29, 0.717) is 5.02 Å². The summed E-state index contributed by atoms with van der Waals surface area (Å²) in [5.41, 5.74) is 2.21. The Morgan fingerprint density at radius 2 is 1.90 bits per heavy atom. The highest BCUT2D eigenvalue weighted by atomic mass is 79.9. The van der Waals surface area contributed by atoms with Crippen LogP contribution in [0.5, 0.6) is 5.75 Å². The molecule has 0 aliphatic heterocycles. The largest absolute Gasteiger partial charge is 0.494 e. The molecule has 1 N–H and O–H groups in total. The van der Waals surface area contributed by atoms with Gasteiger partial charge in [-0.05, 0) is 58.2 Å². The van der Waals surface area contributed by atoms with E-state index < -0.39 is 0 Å². The van der Waals surface area contributed by atoms with Crippen LogP contribution in [-0.2, 0) is 6.54 Å². The van der Waals surface area contributed by atoms with Crippen molar-refractivity contribution >= 4 is 33.2 Å². The SMILES string of the molecule is CCCCOc1ccc(CNc2ccc(Br)c(Cl)c2)cc1. The number of unbranched alkanes of at least 4 members (excludes halogenated alkanes) is 1. The van der Waals surface area contributed by atoms with Crippen LogP contribution in [0.25, 0.3) is 0 Å². The molecule has 0 spiro atoms. The van der Waals surface area contributed by atoms with Crippen LogP contribution in [0.1, 0.15) is 25.3 Å². The molecule has 21 heavy (non-hydrogen) atoms. The van der Waals surface area contributed by atoms with Crippen LogP contribution >= 0.6 is 27.5 Å². The van der Waals surface area contributed by atoms with Gasteiger partial charge in [0.15, 0.2) is 0 Å². The lowest BCUT2D eigenvalue weighted by Gasteiger charge is -2.09. The van der Waals surface area contributed by atoms with Gasteiger partial charge in [0.05, 0.1) is 11.6 Å². The predicted octanol–water partition coefficient (Wildman–Crippen LogP) is 5.89. The summed E-state index contributed by atoms with van der Waals surface area (Å²) in [6, 6.07) is 14.0. The lowest BCUT2D eigenvalue weighted by atomic mass is 10.2. The molecule has 0 radical (unpaired) electrons. The van der Waals surface area contributed by atoms with Crippen LogP contribution in [0.2, 0.25) is 5.02 Å². The van der Waals surface area contributed by atoms with Crippen molar-refractivity contribution in [3.05, 3.63) is 57.5 Å². The minimum absolute atomic E-state index is 0.708. The van der Waals surface area contributed by atoms with Gasteiger partial charge in [-0.3, -0.25) is 0 Å². The summed E-state index contributed by atoms with van der Waals surface area (Å²) in [6.07, 6.45) is 2.24. The third-order valence-electron chi connectivity index (χ3n) is 3.11. The number of benzene rings is 2. The minimum atomic E-state index is 0.708. The minimum Gasteiger partial charge on any atom is -0.494 e. The van der Waals surface area contributed by atoms with Crippen LogP contribution in [0.15, 0.2) is 46.9 Å². The maximum absolute atomic E-state index is 6.07. The average molecular weight is 369 g/mol. The molecule has 112 valence electrons. The third-order valence-corrected chi connectivity index (χ3v) is 4.34. The molecule has 0 heterocycles. The van der Waals surface area contributed by atoms with Gasteiger partial charge in [0.25, 0.3) is 0 Å². The standard InChI is InChI=1S/C17H19BrClNO/c1-2-3-10-21-15-7-4-13(5-8-15)12-20-14-6-9-16(18)17(19)11-14/h4-9,11,20H,2-3,10,12H2,1H3. The maximum atomic E-state index is 6.07. The molecule has 0 aliphatic rings. The Bertz CT molecular complexity index is 572. The molecule has 0 fully saturated rings. The molecular formula is C17H19BrClNO. The van der Waals surface area contributed by atoms with E-state index in [1.165, 1.54) is 5.56 Å². The van der Waals surface area contributed by atoms with Crippen LogP contribution in [-0.4, -0.2) is 6.61 Å². The molecule has 2 nitrogen and oxygen atoms in total. The van der Waals surface area contributed by atoms with E-state index in [4.69, 9.17) is 16.3 Å². The second-order valence-corrected chi connectivity index (χ2v) is 6.09.